The van der Waals surface area contributed by atoms with Crippen molar-refractivity contribution in [3.8, 4) is 0 Å². The molecule has 0 saturated heterocycles. The lowest BCUT2D eigenvalue weighted by Crippen LogP contribution is -2.29. The van der Waals surface area contributed by atoms with Crippen LogP contribution in [0, 0.1) is 17.8 Å². The predicted molar refractivity (Wildman–Crippen MR) is 78.7 cm³/mol. The van der Waals surface area contributed by atoms with Gasteiger partial charge in [-0.15, -0.1) is 0 Å². The van der Waals surface area contributed by atoms with Gasteiger partial charge >= 0.3 is 0 Å². The molecular formula is C17H28O2. The molecule has 2 fully saturated rings. The van der Waals surface area contributed by atoms with Crippen LogP contribution in [0.25, 0.3) is 0 Å². The summed E-state index contributed by atoms with van der Waals surface area (Å²) in [6.07, 6.45) is 10.0. The Bertz CT molecular complexity index is 323. The number of hydrogen-bond acceptors (Lipinski definition) is 2. The number of aliphatic hydroxyl groups is 1. The Labute approximate surface area is 117 Å². The molecule has 0 aromatic rings. The first-order valence-electron chi connectivity index (χ1n) is 7.81. The van der Waals surface area contributed by atoms with Crippen molar-refractivity contribution < 1.29 is 9.84 Å². The SMILES string of the molecule is C=CC(=C)OC(CC)C1CCCC1C1CCC(O)C1. The van der Waals surface area contributed by atoms with E-state index in [1.807, 2.05) is 0 Å². The summed E-state index contributed by atoms with van der Waals surface area (Å²) in [5, 5.41) is 9.77. The van der Waals surface area contributed by atoms with Gasteiger partial charge in [0.15, 0.2) is 0 Å². The van der Waals surface area contributed by atoms with Crippen molar-refractivity contribution in [3.63, 3.8) is 0 Å². The van der Waals surface area contributed by atoms with Gasteiger partial charge < -0.3 is 9.84 Å². The van der Waals surface area contributed by atoms with E-state index in [0.717, 1.165) is 25.2 Å². The summed E-state index contributed by atoms with van der Waals surface area (Å²) in [4.78, 5) is 0. The van der Waals surface area contributed by atoms with Crippen LogP contribution in [0.3, 0.4) is 0 Å². The molecule has 2 aliphatic carbocycles. The molecule has 0 aromatic carbocycles. The minimum absolute atomic E-state index is 0.0598. The van der Waals surface area contributed by atoms with Crippen LogP contribution >= 0.6 is 0 Å². The van der Waals surface area contributed by atoms with Crippen molar-refractivity contribution in [1.29, 1.82) is 0 Å². The fourth-order valence-electron chi connectivity index (χ4n) is 4.16. The van der Waals surface area contributed by atoms with E-state index in [-0.39, 0.29) is 12.2 Å². The number of ether oxygens (including phenoxy) is 1. The van der Waals surface area contributed by atoms with Crippen molar-refractivity contribution in [2.45, 2.75) is 64.1 Å². The number of allylic oxidation sites excluding steroid dienone is 1. The van der Waals surface area contributed by atoms with Gasteiger partial charge in [0.25, 0.3) is 0 Å². The van der Waals surface area contributed by atoms with Gasteiger partial charge in [-0.3, -0.25) is 0 Å². The van der Waals surface area contributed by atoms with Crippen LogP contribution in [0.2, 0.25) is 0 Å². The van der Waals surface area contributed by atoms with Crippen molar-refractivity contribution in [2.75, 3.05) is 0 Å². The van der Waals surface area contributed by atoms with Crippen molar-refractivity contribution in [1.82, 2.24) is 0 Å². The molecule has 108 valence electrons. The summed E-state index contributed by atoms with van der Waals surface area (Å²) >= 11 is 0. The minimum atomic E-state index is -0.0598. The number of hydrogen-bond donors (Lipinski definition) is 1. The zero-order valence-electron chi connectivity index (χ0n) is 12.2. The molecule has 2 saturated carbocycles. The quantitative estimate of drug-likeness (QED) is 0.579. The van der Waals surface area contributed by atoms with Crippen LogP contribution in [0.5, 0.6) is 0 Å². The van der Waals surface area contributed by atoms with Gasteiger partial charge in [0, 0.05) is 0 Å². The maximum Gasteiger partial charge on any atom is 0.111 e. The maximum atomic E-state index is 9.77. The Morgan fingerprint density at radius 3 is 2.74 bits per heavy atom. The fourth-order valence-corrected chi connectivity index (χ4v) is 4.16. The molecule has 19 heavy (non-hydrogen) atoms. The monoisotopic (exact) mass is 264 g/mol. The highest BCUT2D eigenvalue weighted by molar-refractivity contribution is 5.03. The molecule has 0 aromatic heterocycles. The van der Waals surface area contributed by atoms with Crippen molar-refractivity contribution >= 4 is 0 Å². The maximum absolute atomic E-state index is 9.77. The lowest BCUT2D eigenvalue weighted by Gasteiger charge is -2.32. The summed E-state index contributed by atoms with van der Waals surface area (Å²) < 4.78 is 5.97. The molecule has 0 spiro atoms. The molecule has 5 unspecified atom stereocenters. The first-order valence-corrected chi connectivity index (χ1v) is 7.81. The molecule has 0 heterocycles. The van der Waals surface area contributed by atoms with Crippen LogP contribution < -0.4 is 0 Å². The topological polar surface area (TPSA) is 29.5 Å². The lowest BCUT2D eigenvalue weighted by molar-refractivity contribution is 0.0359. The molecule has 2 nitrogen and oxygen atoms in total. The Balaban J connectivity index is 1.99. The second-order valence-corrected chi connectivity index (χ2v) is 6.22. The Morgan fingerprint density at radius 1 is 1.37 bits per heavy atom. The molecule has 2 rings (SSSR count). The van der Waals surface area contributed by atoms with E-state index in [9.17, 15) is 5.11 Å². The second kappa shape index (κ2) is 6.60. The first-order chi connectivity index (χ1) is 9.15. The third-order valence-electron chi connectivity index (χ3n) is 5.09. The van der Waals surface area contributed by atoms with Gasteiger partial charge in [-0.1, -0.05) is 26.5 Å². The smallest absolute Gasteiger partial charge is 0.111 e. The van der Waals surface area contributed by atoms with E-state index < -0.39 is 0 Å². The summed E-state index contributed by atoms with van der Waals surface area (Å²) in [5.41, 5.74) is 0. The van der Waals surface area contributed by atoms with E-state index >= 15 is 0 Å². The lowest BCUT2D eigenvalue weighted by atomic mass is 9.79. The van der Waals surface area contributed by atoms with Crippen LogP contribution in [0.1, 0.15) is 51.9 Å². The zero-order valence-corrected chi connectivity index (χ0v) is 12.2. The van der Waals surface area contributed by atoms with Crippen LogP contribution in [-0.2, 0) is 4.74 Å². The third kappa shape index (κ3) is 3.42. The summed E-state index contributed by atoms with van der Waals surface area (Å²) in [7, 11) is 0. The van der Waals surface area contributed by atoms with E-state index in [0.29, 0.717) is 17.6 Å². The molecule has 0 bridgehead atoms. The van der Waals surface area contributed by atoms with Gasteiger partial charge in [-0.05, 0) is 62.4 Å². The molecule has 2 aliphatic rings. The average Bonchev–Trinajstić information content (AvgIpc) is 3.03. The minimum Gasteiger partial charge on any atom is -0.491 e. The molecule has 0 aliphatic heterocycles. The molecule has 0 amide bonds. The normalized spacial score (nSPS) is 36.1. The molecule has 5 atom stereocenters. The van der Waals surface area contributed by atoms with Gasteiger partial charge in [0.05, 0.1) is 6.10 Å². The van der Waals surface area contributed by atoms with Crippen molar-refractivity contribution in [2.24, 2.45) is 17.8 Å². The van der Waals surface area contributed by atoms with Gasteiger partial charge in [0.1, 0.15) is 11.9 Å². The standard InChI is InChI=1S/C17H28O2/c1-4-12(3)19-17(5-2)16-8-6-7-15(16)13-9-10-14(18)11-13/h4,13-18H,1,3,5-11H2,2H3. The van der Waals surface area contributed by atoms with E-state index in [1.165, 1.54) is 25.7 Å². The van der Waals surface area contributed by atoms with E-state index in [2.05, 4.69) is 20.1 Å². The van der Waals surface area contributed by atoms with E-state index in [4.69, 9.17) is 4.74 Å². The zero-order chi connectivity index (χ0) is 13.8. The van der Waals surface area contributed by atoms with Gasteiger partial charge in [-0.25, -0.2) is 0 Å². The largest absolute Gasteiger partial charge is 0.491 e. The van der Waals surface area contributed by atoms with Crippen LogP contribution in [0.15, 0.2) is 25.0 Å². The highest BCUT2D eigenvalue weighted by Gasteiger charge is 2.41. The number of rotatable bonds is 6. The van der Waals surface area contributed by atoms with Crippen LogP contribution in [0.4, 0.5) is 0 Å². The Kier molecular flexibility index (Phi) is 5.09. The molecule has 1 N–H and O–H groups in total. The highest BCUT2D eigenvalue weighted by atomic mass is 16.5. The Hall–Kier alpha value is -0.760. The van der Waals surface area contributed by atoms with Gasteiger partial charge in [-0.2, -0.15) is 0 Å². The fraction of sp³-hybridized carbons (Fsp3) is 0.765. The predicted octanol–water partition coefficient (Wildman–Crippen LogP) is 4.06. The van der Waals surface area contributed by atoms with Gasteiger partial charge in [0.2, 0.25) is 0 Å². The average molecular weight is 264 g/mol. The summed E-state index contributed by atoms with van der Waals surface area (Å²) in [6, 6.07) is 0. The molecule has 2 heteroatoms. The highest BCUT2D eigenvalue weighted by Crippen LogP contribution is 2.46. The molecular weight excluding hydrogens is 236 g/mol. The summed E-state index contributed by atoms with van der Waals surface area (Å²) in [6.45, 7) is 9.80. The molecule has 0 radical (unpaired) electrons. The Morgan fingerprint density at radius 2 is 2.16 bits per heavy atom. The van der Waals surface area contributed by atoms with Crippen molar-refractivity contribution in [3.05, 3.63) is 25.0 Å². The van der Waals surface area contributed by atoms with E-state index in [1.54, 1.807) is 6.08 Å². The summed E-state index contributed by atoms with van der Waals surface area (Å²) in [5.74, 6) is 2.78. The number of aliphatic hydroxyl groups excluding tert-OH is 1. The first kappa shape index (κ1) is 14.6. The van der Waals surface area contributed by atoms with Crippen LogP contribution in [-0.4, -0.2) is 17.3 Å². The second-order valence-electron chi connectivity index (χ2n) is 6.22. The third-order valence-corrected chi connectivity index (χ3v) is 5.09.